The maximum Gasteiger partial charge on any atom is 0.137 e. The molecule has 1 aromatic carbocycles. The third-order valence-corrected chi connectivity index (χ3v) is 3.15. The van der Waals surface area contributed by atoms with E-state index >= 15 is 0 Å². The van der Waals surface area contributed by atoms with Gasteiger partial charge in [0, 0.05) is 23.7 Å². The number of thiocarbonyl (C=S) groups is 1. The molecule has 1 fully saturated rings. The average molecular weight is 238 g/mol. The average Bonchev–Trinajstić information content (AvgIpc) is 3.03. The van der Waals surface area contributed by atoms with Crippen molar-refractivity contribution in [2.45, 2.75) is 25.4 Å². The van der Waals surface area contributed by atoms with Gasteiger partial charge < -0.3 is 5.73 Å². The van der Waals surface area contributed by atoms with Crippen molar-refractivity contribution < 1.29 is 4.39 Å². The van der Waals surface area contributed by atoms with E-state index in [9.17, 15) is 4.39 Å². The second kappa shape index (κ2) is 4.47. The number of benzene rings is 1. The molecule has 16 heavy (non-hydrogen) atoms. The lowest BCUT2D eigenvalue weighted by Crippen LogP contribution is -2.21. The van der Waals surface area contributed by atoms with Crippen molar-refractivity contribution in [2.24, 2.45) is 5.73 Å². The van der Waals surface area contributed by atoms with E-state index in [-0.39, 0.29) is 10.8 Å². The molecule has 0 aromatic heterocycles. The minimum Gasteiger partial charge on any atom is -0.389 e. The maximum absolute atomic E-state index is 14.0. The third-order valence-electron chi connectivity index (χ3n) is 2.93. The van der Waals surface area contributed by atoms with E-state index in [1.807, 2.05) is 7.05 Å². The Morgan fingerprint density at radius 1 is 1.56 bits per heavy atom. The summed E-state index contributed by atoms with van der Waals surface area (Å²) in [5, 5.41) is 0. The molecule has 0 saturated heterocycles. The van der Waals surface area contributed by atoms with Crippen LogP contribution in [0.1, 0.15) is 24.0 Å². The van der Waals surface area contributed by atoms with Crippen molar-refractivity contribution in [1.82, 2.24) is 4.90 Å². The Morgan fingerprint density at radius 3 is 2.81 bits per heavy atom. The van der Waals surface area contributed by atoms with Gasteiger partial charge in [-0.05, 0) is 26.0 Å². The summed E-state index contributed by atoms with van der Waals surface area (Å²) < 4.78 is 14.0. The van der Waals surface area contributed by atoms with Crippen molar-refractivity contribution in [3.63, 3.8) is 0 Å². The van der Waals surface area contributed by atoms with Gasteiger partial charge in [-0.25, -0.2) is 4.39 Å². The molecular formula is C12H15FN2S. The summed E-state index contributed by atoms with van der Waals surface area (Å²) in [7, 11) is 2.02. The van der Waals surface area contributed by atoms with Crippen LogP contribution in [0.4, 0.5) is 4.39 Å². The SMILES string of the molecule is CN(Cc1cccc(C(N)=S)c1F)C1CC1. The molecule has 86 valence electrons. The summed E-state index contributed by atoms with van der Waals surface area (Å²) in [6.07, 6.45) is 2.43. The summed E-state index contributed by atoms with van der Waals surface area (Å²) in [6.45, 7) is 0.618. The van der Waals surface area contributed by atoms with Crippen LogP contribution in [0.5, 0.6) is 0 Å². The molecule has 2 N–H and O–H groups in total. The van der Waals surface area contributed by atoms with Crippen LogP contribution in [0.25, 0.3) is 0 Å². The predicted octanol–water partition coefficient (Wildman–Crippen LogP) is 2.05. The molecule has 0 radical (unpaired) electrons. The van der Waals surface area contributed by atoms with Crippen LogP contribution >= 0.6 is 12.2 Å². The predicted molar refractivity (Wildman–Crippen MR) is 66.8 cm³/mol. The highest BCUT2D eigenvalue weighted by atomic mass is 32.1. The Kier molecular flexibility index (Phi) is 3.21. The van der Waals surface area contributed by atoms with Gasteiger partial charge in [0.05, 0.1) is 0 Å². The van der Waals surface area contributed by atoms with E-state index in [4.69, 9.17) is 18.0 Å². The molecule has 0 heterocycles. The molecule has 0 atom stereocenters. The molecule has 0 amide bonds. The van der Waals surface area contributed by atoms with Crippen LogP contribution in [-0.4, -0.2) is 23.0 Å². The van der Waals surface area contributed by atoms with Crippen molar-refractivity contribution in [3.8, 4) is 0 Å². The number of rotatable bonds is 4. The van der Waals surface area contributed by atoms with Crippen molar-refractivity contribution in [3.05, 3.63) is 35.1 Å². The van der Waals surface area contributed by atoms with Gasteiger partial charge in [0.1, 0.15) is 10.8 Å². The van der Waals surface area contributed by atoms with E-state index in [1.54, 1.807) is 18.2 Å². The van der Waals surface area contributed by atoms with E-state index in [0.717, 1.165) is 0 Å². The van der Waals surface area contributed by atoms with Gasteiger partial charge in [-0.1, -0.05) is 24.4 Å². The van der Waals surface area contributed by atoms with E-state index in [0.29, 0.717) is 23.7 Å². The summed E-state index contributed by atoms with van der Waals surface area (Å²) in [4.78, 5) is 2.29. The quantitative estimate of drug-likeness (QED) is 0.814. The summed E-state index contributed by atoms with van der Waals surface area (Å²) >= 11 is 4.81. The van der Waals surface area contributed by atoms with Gasteiger partial charge >= 0.3 is 0 Å². The molecule has 2 rings (SSSR count). The van der Waals surface area contributed by atoms with Gasteiger partial charge in [-0.2, -0.15) is 0 Å². The highest BCUT2D eigenvalue weighted by Crippen LogP contribution is 2.27. The molecule has 4 heteroatoms. The van der Waals surface area contributed by atoms with Crippen molar-refractivity contribution >= 4 is 17.2 Å². The van der Waals surface area contributed by atoms with Crippen LogP contribution < -0.4 is 5.73 Å². The summed E-state index contributed by atoms with van der Waals surface area (Å²) in [6, 6.07) is 5.83. The number of hydrogen-bond acceptors (Lipinski definition) is 2. The molecule has 1 saturated carbocycles. The van der Waals surface area contributed by atoms with Crippen LogP contribution in [0.2, 0.25) is 0 Å². The Labute approximate surface area is 100 Å². The maximum atomic E-state index is 14.0. The zero-order valence-corrected chi connectivity index (χ0v) is 10.1. The standard InChI is InChI=1S/C12H15FN2S/c1-15(9-5-6-9)7-8-3-2-4-10(11(8)13)12(14)16/h2-4,9H,5-7H2,1H3,(H2,14,16). The number of halogens is 1. The number of nitrogens with two attached hydrogens (primary N) is 1. The van der Waals surface area contributed by atoms with E-state index in [1.165, 1.54) is 12.8 Å². The second-order valence-corrected chi connectivity index (χ2v) is 4.73. The highest BCUT2D eigenvalue weighted by Gasteiger charge is 2.26. The minimum absolute atomic E-state index is 0.119. The molecule has 1 aromatic rings. The Hall–Kier alpha value is -1.00. The summed E-state index contributed by atoms with van der Waals surface area (Å²) in [5.41, 5.74) is 6.47. The zero-order chi connectivity index (χ0) is 11.7. The van der Waals surface area contributed by atoms with Crippen molar-refractivity contribution in [1.29, 1.82) is 0 Å². The first-order valence-electron chi connectivity index (χ1n) is 5.37. The topological polar surface area (TPSA) is 29.3 Å². The lowest BCUT2D eigenvalue weighted by atomic mass is 10.1. The van der Waals surface area contributed by atoms with E-state index in [2.05, 4.69) is 4.90 Å². The zero-order valence-electron chi connectivity index (χ0n) is 9.24. The number of hydrogen-bond donors (Lipinski definition) is 1. The van der Waals surface area contributed by atoms with Crippen LogP contribution in [0.15, 0.2) is 18.2 Å². The summed E-state index contributed by atoms with van der Waals surface area (Å²) in [5.74, 6) is -0.275. The fourth-order valence-corrected chi connectivity index (χ4v) is 1.96. The molecule has 0 spiro atoms. The monoisotopic (exact) mass is 238 g/mol. The fraction of sp³-hybridized carbons (Fsp3) is 0.417. The first-order chi connectivity index (χ1) is 7.59. The Bertz CT molecular complexity index is 415. The lowest BCUT2D eigenvalue weighted by molar-refractivity contribution is 0.311. The van der Waals surface area contributed by atoms with Gasteiger partial charge in [-0.3, -0.25) is 4.90 Å². The molecule has 2 nitrogen and oxygen atoms in total. The highest BCUT2D eigenvalue weighted by molar-refractivity contribution is 7.80. The Balaban J connectivity index is 2.19. The molecule has 1 aliphatic rings. The van der Waals surface area contributed by atoms with Crippen LogP contribution in [-0.2, 0) is 6.54 Å². The van der Waals surface area contributed by atoms with Gasteiger partial charge in [0.25, 0.3) is 0 Å². The van der Waals surface area contributed by atoms with Gasteiger partial charge in [0.15, 0.2) is 0 Å². The molecule has 0 aliphatic heterocycles. The lowest BCUT2D eigenvalue weighted by Gasteiger charge is -2.16. The number of nitrogens with zero attached hydrogens (tertiary/aromatic N) is 1. The first kappa shape index (κ1) is 11.5. The minimum atomic E-state index is -0.275. The van der Waals surface area contributed by atoms with Crippen LogP contribution in [0.3, 0.4) is 0 Å². The van der Waals surface area contributed by atoms with Crippen LogP contribution in [0, 0.1) is 5.82 Å². The van der Waals surface area contributed by atoms with Gasteiger partial charge in [-0.15, -0.1) is 0 Å². The second-order valence-electron chi connectivity index (χ2n) is 4.29. The van der Waals surface area contributed by atoms with Crippen molar-refractivity contribution in [2.75, 3.05) is 7.05 Å². The third kappa shape index (κ3) is 2.39. The smallest absolute Gasteiger partial charge is 0.137 e. The fourth-order valence-electron chi connectivity index (χ4n) is 1.81. The molecule has 0 bridgehead atoms. The normalized spacial score (nSPS) is 15.4. The van der Waals surface area contributed by atoms with Gasteiger partial charge in [0.2, 0.25) is 0 Å². The largest absolute Gasteiger partial charge is 0.389 e. The first-order valence-corrected chi connectivity index (χ1v) is 5.78. The molecule has 0 unspecified atom stereocenters. The Morgan fingerprint density at radius 2 is 2.25 bits per heavy atom. The molecule has 1 aliphatic carbocycles. The van der Waals surface area contributed by atoms with E-state index < -0.39 is 0 Å². The molecular weight excluding hydrogens is 223 g/mol.